The van der Waals surface area contributed by atoms with E-state index in [0.717, 1.165) is 11.3 Å². The number of halogens is 1. The van der Waals surface area contributed by atoms with Gasteiger partial charge in [0.25, 0.3) is 5.56 Å². The van der Waals surface area contributed by atoms with Crippen molar-refractivity contribution in [2.75, 3.05) is 38.2 Å². The number of hydrogen-bond donors (Lipinski definition) is 1. The Morgan fingerprint density at radius 2 is 1.72 bits per heavy atom. The molecule has 1 amide bonds. The van der Waals surface area contributed by atoms with Gasteiger partial charge in [0.05, 0.1) is 19.4 Å². The number of rotatable bonds is 6. The van der Waals surface area contributed by atoms with Crippen LogP contribution in [0.2, 0.25) is 0 Å². The fourth-order valence-electron chi connectivity index (χ4n) is 4.52. The molecule has 0 bridgehead atoms. The molecule has 0 aliphatic carbocycles. The second kappa shape index (κ2) is 9.82. The monoisotopic (exact) mass is 491 g/mol. The van der Waals surface area contributed by atoms with Crippen molar-refractivity contribution in [2.45, 2.75) is 13.2 Å². The predicted molar refractivity (Wildman–Crippen MR) is 133 cm³/mol. The lowest BCUT2D eigenvalue weighted by atomic mass is 10.1. The number of aliphatic hydroxyl groups is 1. The number of methoxy groups -OCH3 is 1. The zero-order valence-electron chi connectivity index (χ0n) is 19.8. The average molecular weight is 492 g/mol. The number of carbonyl (C=O) groups is 1. The number of ether oxygens (including phenoxy) is 1. The van der Waals surface area contributed by atoms with E-state index < -0.39 is 5.56 Å². The fraction of sp³-hybridized carbons (Fsp3) is 0.269. The highest BCUT2D eigenvalue weighted by Crippen LogP contribution is 2.26. The summed E-state index contributed by atoms with van der Waals surface area (Å²) < 4.78 is 21.2. The first-order chi connectivity index (χ1) is 17.5. The molecule has 10 heteroatoms. The lowest BCUT2D eigenvalue weighted by molar-refractivity contribution is -0.132. The Morgan fingerprint density at radius 1 is 1.03 bits per heavy atom. The van der Waals surface area contributed by atoms with Gasteiger partial charge in [0.15, 0.2) is 0 Å². The Morgan fingerprint density at radius 3 is 2.36 bits per heavy atom. The maximum Gasteiger partial charge on any atom is 0.277 e. The van der Waals surface area contributed by atoms with Crippen LogP contribution in [0.1, 0.15) is 5.56 Å². The summed E-state index contributed by atoms with van der Waals surface area (Å²) in [4.78, 5) is 30.1. The van der Waals surface area contributed by atoms with E-state index in [1.165, 1.54) is 27.4 Å². The molecule has 2 aromatic heterocycles. The first-order valence-electron chi connectivity index (χ1n) is 11.6. The van der Waals surface area contributed by atoms with Crippen LogP contribution in [0.25, 0.3) is 16.8 Å². The molecular weight excluding hydrogens is 465 g/mol. The van der Waals surface area contributed by atoms with E-state index in [2.05, 4.69) is 10.00 Å². The lowest BCUT2D eigenvalue weighted by Gasteiger charge is -2.36. The molecule has 0 radical (unpaired) electrons. The number of nitrogens with zero attached hydrogens (tertiary/aromatic N) is 5. The highest BCUT2D eigenvalue weighted by molar-refractivity contribution is 5.77. The number of carbonyl (C=O) groups excluding carboxylic acids is 1. The molecule has 36 heavy (non-hydrogen) atoms. The summed E-state index contributed by atoms with van der Waals surface area (Å²) in [7, 11) is 1.58. The zero-order valence-corrected chi connectivity index (χ0v) is 19.8. The third kappa shape index (κ3) is 4.42. The molecule has 0 unspecified atom stereocenters. The van der Waals surface area contributed by atoms with Crippen LogP contribution in [0, 0.1) is 5.82 Å². The summed E-state index contributed by atoms with van der Waals surface area (Å²) in [6.45, 7) is 1.76. The smallest absolute Gasteiger partial charge is 0.277 e. The third-order valence-electron chi connectivity index (χ3n) is 6.51. The van der Waals surface area contributed by atoms with Crippen molar-refractivity contribution in [3.05, 3.63) is 82.7 Å². The van der Waals surface area contributed by atoms with Gasteiger partial charge in [-0.2, -0.15) is 5.10 Å². The molecule has 0 spiro atoms. The van der Waals surface area contributed by atoms with E-state index in [0.29, 0.717) is 43.2 Å². The number of amides is 1. The molecule has 3 heterocycles. The van der Waals surface area contributed by atoms with Gasteiger partial charge in [0.1, 0.15) is 23.6 Å². The van der Waals surface area contributed by atoms with Crippen LogP contribution in [-0.2, 0) is 17.9 Å². The highest BCUT2D eigenvalue weighted by Gasteiger charge is 2.23. The third-order valence-corrected chi connectivity index (χ3v) is 6.51. The Bertz CT molecular complexity index is 1440. The van der Waals surface area contributed by atoms with Gasteiger partial charge in [-0.1, -0.05) is 0 Å². The quantitative estimate of drug-likeness (QED) is 0.445. The van der Waals surface area contributed by atoms with Crippen LogP contribution in [0.3, 0.4) is 0 Å². The number of benzene rings is 2. The van der Waals surface area contributed by atoms with Crippen LogP contribution in [0.15, 0.2) is 65.7 Å². The van der Waals surface area contributed by atoms with E-state index in [4.69, 9.17) is 4.74 Å². The minimum absolute atomic E-state index is 0.111. The number of hydrogen-bond acceptors (Lipinski definition) is 6. The van der Waals surface area contributed by atoms with Crippen molar-refractivity contribution >= 4 is 17.1 Å². The number of aliphatic hydroxyl groups excluding tert-OH is 1. The van der Waals surface area contributed by atoms with Gasteiger partial charge in [-0.25, -0.2) is 8.91 Å². The fourth-order valence-corrected chi connectivity index (χ4v) is 4.52. The minimum atomic E-state index is -0.396. The van der Waals surface area contributed by atoms with E-state index >= 15 is 0 Å². The van der Waals surface area contributed by atoms with Gasteiger partial charge < -0.3 is 24.2 Å². The Kier molecular flexibility index (Phi) is 6.43. The van der Waals surface area contributed by atoms with Crippen molar-refractivity contribution in [1.82, 2.24) is 19.1 Å². The maximum atomic E-state index is 13.3. The van der Waals surface area contributed by atoms with Crippen molar-refractivity contribution in [1.29, 1.82) is 0 Å². The molecule has 2 aromatic carbocycles. The molecule has 1 fully saturated rings. The van der Waals surface area contributed by atoms with Crippen LogP contribution in [0.4, 0.5) is 10.1 Å². The highest BCUT2D eigenvalue weighted by atomic mass is 19.1. The van der Waals surface area contributed by atoms with E-state index in [9.17, 15) is 19.1 Å². The number of aromatic nitrogens is 3. The lowest BCUT2D eigenvalue weighted by Crippen LogP contribution is -2.50. The van der Waals surface area contributed by atoms with Crippen LogP contribution in [0.5, 0.6) is 5.75 Å². The number of fused-ring (bicyclic) bond motifs is 1. The molecular formula is C26H26FN5O4. The van der Waals surface area contributed by atoms with Gasteiger partial charge >= 0.3 is 0 Å². The predicted octanol–water partition coefficient (Wildman–Crippen LogP) is 2.15. The number of anilines is 1. The first-order valence-corrected chi connectivity index (χ1v) is 11.6. The van der Waals surface area contributed by atoms with Crippen LogP contribution >= 0.6 is 0 Å². The summed E-state index contributed by atoms with van der Waals surface area (Å²) in [5.74, 6) is 0.238. The molecule has 5 rings (SSSR count). The standard InChI is InChI=1S/C26H26FN5O4/c1-36-21-8-2-18(3-9-21)24-22(17-33)25-26(35)31(14-15-32(25)28-24)16-23(34)30-12-10-29(11-13-30)20-6-4-19(27)5-7-20/h2-9,14-15,33H,10-13,16-17H2,1H3. The second-order valence-corrected chi connectivity index (χ2v) is 8.58. The maximum absolute atomic E-state index is 13.3. The van der Waals surface area contributed by atoms with Crippen molar-refractivity contribution in [2.24, 2.45) is 0 Å². The van der Waals surface area contributed by atoms with Gasteiger partial charge in [0, 0.05) is 55.4 Å². The summed E-state index contributed by atoms with van der Waals surface area (Å²) >= 11 is 0. The normalized spacial score (nSPS) is 13.9. The van der Waals surface area contributed by atoms with Crippen molar-refractivity contribution in [3.63, 3.8) is 0 Å². The molecule has 1 aliphatic heterocycles. The molecule has 1 N–H and O–H groups in total. The largest absolute Gasteiger partial charge is 0.497 e. The molecule has 0 saturated carbocycles. The van der Waals surface area contributed by atoms with Gasteiger partial charge in [0.2, 0.25) is 5.91 Å². The summed E-state index contributed by atoms with van der Waals surface area (Å²) in [5, 5.41) is 14.6. The SMILES string of the molecule is COc1ccc(-c2nn3ccn(CC(=O)N4CCN(c5ccc(F)cc5)CC4)c(=O)c3c2CO)cc1. The minimum Gasteiger partial charge on any atom is -0.497 e. The summed E-state index contributed by atoms with van der Waals surface area (Å²) in [5.41, 5.74) is 2.39. The van der Waals surface area contributed by atoms with Crippen LogP contribution in [-0.4, -0.2) is 63.4 Å². The molecule has 0 atom stereocenters. The van der Waals surface area contributed by atoms with E-state index in [-0.39, 0.29) is 30.4 Å². The summed E-state index contributed by atoms with van der Waals surface area (Å²) in [6, 6.07) is 13.5. The van der Waals surface area contributed by atoms with E-state index in [1.54, 1.807) is 42.5 Å². The van der Waals surface area contributed by atoms with Crippen molar-refractivity contribution in [3.8, 4) is 17.0 Å². The average Bonchev–Trinajstić information content (AvgIpc) is 3.30. The Balaban J connectivity index is 1.34. The Hall–Kier alpha value is -4.18. The molecule has 9 nitrogen and oxygen atoms in total. The number of piperazine rings is 1. The molecule has 186 valence electrons. The molecule has 1 saturated heterocycles. The first kappa shape index (κ1) is 23.6. The summed E-state index contributed by atoms with van der Waals surface area (Å²) in [6.07, 6.45) is 3.15. The second-order valence-electron chi connectivity index (χ2n) is 8.58. The molecule has 4 aromatic rings. The Labute approximate surface area is 206 Å². The zero-order chi connectivity index (χ0) is 25.2. The topological polar surface area (TPSA) is 92.3 Å². The van der Waals surface area contributed by atoms with Crippen molar-refractivity contribution < 1.29 is 19.0 Å². The van der Waals surface area contributed by atoms with Gasteiger partial charge in [-0.15, -0.1) is 0 Å². The van der Waals surface area contributed by atoms with E-state index in [1.807, 2.05) is 12.1 Å². The van der Waals surface area contributed by atoms with Gasteiger partial charge in [-0.05, 0) is 48.5 Å². The van der Waals surface area contributed by atoms with Gasteiger partial charge in [-0.3, -0.25) is 9.59 Å². The molecule has 1 aliphatic rings. The van der Waals surface area contributed by atoms with Crippen LogP contribution < -0.4 is 15.2 Å².